The summed E-state index contributed by atoms with van der Waals surface area (Å²) in [5.74, 6) is 1.48. The lowest BCUT2D eigenvalue weighted by Crippen LogP contribution is -2.38. The monoisotopic (exact) mass is 484 g/mol. The molecule has 0 radical (unpaired) electrons. The molecule has 3 aromatic heterocycles. The van der Waals surface area contributed by atoms with Gasteiger partial charge in [-0.1, -0.05) is 31.1 Å². The number of aromatic nitrogens is 5. The van der Waals surface area contributed by atoms with E-state index in [2.05, 4.69) is 71.4 Å². The van der Waals surface area contributed by atoms with E-state index >= 15 is 0 Å². The Bertz CT molecular complexity index is 1180. The number of fused-ring (bicyclic) bond motifs is 1. The minimum absolute atomic E-state index is 0.0791. The van der Waals surface area contributed by atoms with Gasteiger partial charge in [0.25, 0.3) is 5.19 Å². The summed E-state index contributed by atoms with van der Waals surface area (Å²) in [4.78, 5) is 13.5. The average Bonchev–Trinajstić information content (AvgIpc) is 3.54. The van der Waals surface area contributed by atoms with E-state index in [4.69, 9.17) is 14.2 Å². The molecule has 0 spiro atoms. The lowest BCUT2D eigenvalue weighted by atomic mass is 9.92. The zero-order valence-corrected chi connectivity index (χ0v) is 20.9. The van der Waals surface area contributed by atoms with E-state index in [-0.39, 0.29) is 12.0 Å². The molecule has 10 heteroatoms. The molecular formula is C23H28N6O2S2. The van der Waals surface area contributed by atoms with Gasteiger partial charge in [0, 0.05) is 29.5 Å². The fraction of sp³-hybridized carbons (Fsp3) is 0.478. The van der Waals surface area contributed by atoms with E-state index in [1.165, 1.54) is 16.2 Å². The molecule has 1 aliphatic rings. The molecule has 5 rings (SSSR count). The number of thioether (sulfide) groups is 1. The second kappa shape index (κ2) is 9.34. The lowest BCUT2D eigenvalue weighted by molar-refractivity contribution is 0.130. The number of hydrogen-bond acceptors (Lipinski definition) is 9. The Morgan fingerprint density at radius 3 is 2.52 bits per heavy atom. The molecule has 4 aromatic rings. The Balaban J connectivity index is 1.18. The Labute approximate surface area is 201 Å². The van der Waals surface area contributed by atoms with Crippen molar-refractivity contribution in [3.63, 3.8) is 0 Å². The van der Waals surface area contributed by atoms with Crippen molar-refractivity contribution in [3.8, 4) is 16.5 Å². The van der Waals surface area contributed by atoms with Crippen LogP contribution >= 0.6 is 23.1 Å². The van der Waals surface area contributed by atoms with Crippen LogP contribution in [-0.4, -0.2) is 50.2 Å². The van der Waals surface area contributed by atoms with Gasteiger partial charge in [0.05, 0.1) is 11.9 Å². The summed E-state index contributed by atoms with van der Waals surface area (Å²) in [6, 6.07) is 9.06. The maximum atomic E-state index is 6.22. The van der Waals surface area contributed by atoms with Crippen molar-refractivity contribution in [2.45, 2.75) is 50.5 Å². The SMILES string of the molecule is CSc1ccc(-c2cn3nc(O[C@@H](C)C4CCN(c5nc(C(C)C)no5)CC4)sc3n2)cc1. The highest BCUT2D eigenvalue weighted by Crippen LogP contribution is 2.31. The van der Waals surface area contributed by atoms with Gasteiger partial charge in [0.2, 0.25) is 4.96 Å². The Hall–Kier alpha value is -2.59. The molecule has 0 saturated carbocycles. The van der Waals surface area contributed by atoms with Crippen molar-refractivity contribution in [1.29, 1.82) is 0 Å². The minimum atomic E-state index is 0.0791. The van der Waals surface area contributed by atoms with Gasteiger partial charge in [0.1, 0.15) is 6.10 Å². The predicted molar refractivity (Wildman–Crippen MR) is 131 cm³/mol. The summed E-state index contributed by atoms with van der Waals surface area (Å²) < 4.78 is 13.5. The van der Waals surface area contributed by atoms with Crippen LogP contribution in [0, 0.1) is 5.92 Å². The number of benzene rings is 1. The molecule has 174 valence electrons. The van der Waals surface area contributed by atoms with Gasteiger partial charge in [-0.2, -0.15) is 4.98 Å². The summed E-state index contributed by atoms with van der Waals surface area (Å²) >= 11 is 3.22. The van der Waals surface area contributed by atoms with Crippen LogP contribution in [-0.2, 0) is 0 Å². The number of hydrogen-bond donors (Lipinski definition) is 0. The van der Waals surface area contributed by atoms with Crippen molar-refractivity contribution in [1.82, 2.24) is 24.7 Å². The summed E-state index contributed by atoms with van der Waals surface area (Å²) in [7, 11) is 0. The number of rotatable bonds is 7. The fourth-order valence-electron chi connectivity index (χ4n) is 4.04. The van der Waals surface area contributed by atoms with E-state index < -0.39 is 0 Å². The van der Waals surface area contributed by atoms with Crippen LogP contribution in [0.4, 0.5) is 6.01 Å². The highest BCUT2D eigenvalue weighted by Gasteiger charge is 2.28. The summed E-state index contributed by atoms with van der Waals surface area (Å²) in [5.41, 5.74) is 2.02. The highest BCUT2D eigenvalue weighted by atomic mass is 32.2. The molecule has 33 heavy (non-hydrogen) atoms. The predicted octanol–water partition coefficient (Wildman–Crippen LogP) is 5.37. The van der Waals surface area contributed by atoms with Crippen molar-refractivity contribution in [2.24, 2.45) is 5.92 Å². The number of anilines is 1. The molecule has 8 nitrogen and oxygen atoms in total. The van der Waals surface area contributed by atoms with Crippen LogP contribution in [0.2, 0.25) is 0 Å². The number of piperidine rings is 1. The topological polar surface area (TPSA) is 81.6 Å². The third-order valence-corrected chi connectivity index (χ3v) is 7.68. The van der Waals surface area contributed by atoms with Crippen LogP contribution in [0.15, 0.2) is 39.9 Å². The number of imidazole rings is 1. The third-order valence-electron chi connectivity index (χ3n) is 6.12. The molecule has 1 aromatic carbocycles. The first-order valence-corrected chi connectivity index (χ1v) is 13.3. The maximum absolute atomic E-state index is 6.22. The Morgan fingerprint density at radius 2 is 1.88 bits per heavy atom. The summed E-state index contributed by atoms with van der Waals surface area (Å²) in [5, 5.41) is 9.36. The van der Waals surface area contributed by atoms with Gasteiger partial charge >= 0.3 is 6.01 Å². The molecule has 1 aliphatic heterocycles. The van der Waals surface area contributed by atoms with Crippen molar-refractivity contribution >= 4 is 34.1 Å². The van der Waals surface area contributed by atoms with E-state index in [9.17, 15) is 0 Å². The standard InChI is InChI=1S/C23H28N6O2S2/c1-14(2)20-25-21(31-27-20)28-11-9-16(10-12-28)15(3)30-23-26-29-13-19(24-22(29)33-23)17-5-7-18(32-4)8-6-17/h5-8,13-16H,9-12H2,1-4H3/t15-/m0/s1. The molecular weight excluding hydrogens is 456 g/mol. The summed E-state index contributed by atoms with van der Waals surface area (Å²) in [6.07, 6.45) is 6.15. The number of ether oxygens (including phenoxy) is 1. The van der Waals surface area contributed by atoms with Crippen molar-refractivity contribution in [3.05, 3.63) is 36.3 Å². The molecule has 1 saturated heterocycles. The van der Waals surface area contributed by atoms with E-state index in [0.29, 0.717) is 17.1 Å². The first-order valence-electron chi connectivity index (χ1n) is 11.3. The molecule has 0 aliphatic carbocycles. The molecule has 1 atom stereocenters. The van der Waals surface area contributed by atoms with E-state index in [0.717, 1.165) is 48.0 Å². The Kier molecular flexibility index (Phi) is 6.29. The van der Waals surface area contributed by atoms with Crippen LogP contribution in [0.1, 0.15) is 45.4 Å². The first-order chi connectivity index (χ1) is 16.0. The largest absolute Gasteiger partial charge is 0.466 e. The lowest BCUT2D eigenvalue weighted by Gasteiger charge is -2.33. The molecule has 1 fully saturated rings. The molecule has 0 unspecified atom stereocenters. The van der Waals surface area contributed by atoms with Crippen LogP contribution < -0.4 is 9.64 Å². The van der Waals surface area contributed by atoms with E-state index in [1.54, 1.807) is 11.8 Å². The molecule has 0 bridgehead atoms. The second-order valence-corrected chi connectivity index (χ2v) is 10.5. The smallest absolute Gasteiger partial charge is 0.324 e. The third kappa shape index (κ3) is 4.72. The van der Waals surface area contributed by atoms with Gasteiger partial charge in [-0.05, 0) is 55.4 Å². The first kappa shape index (κ1) is 22.2. The van der Waals surface area contributed by atoms with Crippen molar-refractivity contribution < 1.29 is 9.26 Å². The van der Waals surface area contributed by atoms with Crippen LogP contribution in [0.25, 0.3) is 16.2 Å². The maximum Gasteiger partial charge on any atom is 0.324 e. The Morgan fingerprint density at radius 1 is 1.12 bits per heavy atom. The number of nitrogens with zero attached hydrogens (tertiary/aromatic N) is 6. The van der Waals surface area contributed by atoms with Gasteiger partial charge in [-0.25, -0.2) is 9.50 Å². The van der Waals surface area contributed by atoms with Gasteiger partial charge in [0.15, 0.2) is 5.82 Å². The minimum Gasteiger partial charge on any atom is -0.466 e. The zero-order valence-electron chi connectivity index (χ0n) is 19.3. The average molecular weight is 485 g/mol. The highest BCUT2D eigenvalue weighted by molar-refractivity contribution is 7.98. The normalized spacial score (nSPS) is 16.1. The molecule has 0 N–H and O–H groups in total. The van der Waals surface area contributed by atoms with Gasteiger partial charge < -0.3 is 14.2 Å². The zero-order chi connectivity index (χ0) is 22.9. The molecule has 0 amide bonds. The van der Waals surface area contributed by atoms with E-state index in [1.807, 2.05) is 10.7 Å². The van der Waals surface area contributed by atoms with Gasteiger partial charge in [-0.3, -0.25) is 0 Å². The second-order valence-electron chi connectivity index (χ2n) is 8.69. The van der Waals surface area contributed by atoms with Crippen LogP contribution in [0.3, 0.4) is 0 Å². The quantitative estimate of drug-likeness (QED) is 0.324. The van der Waals surface area contributed by atoms with Gasteiger partial charge in [-0.15, -0.1) is 16.9 Å². The molecule has 4 heterocycles. The fourth-order valence-corrected chi connectivity index (χ4v) is 5.26. The van der Waals surface area contributed by atoms with Crippen LogP contribution in [0.5, 0.6) is 5.19 Å². The van der Waals surface area contributed by atoms with Crippen molar-refractivity contribution in [2.75, 3.05) is 24.2 Å². The summed E-state index contributed by atoms with van der Waals surface area (Å²) in [6.45, 7) is 8.04.